The topological polar surface area (TPSA) is 67.0 Å². The van der Waals surface area contributed by atoms with Crippen LogP contribution in [0.3, 0.4) is 0 Å². The molecule has 4 rings (SSSR count). The Kier molecular flexibility index (Phi) is 3.06. The number of benzene rings is 1. The van der Waals surface area contributed by atoms with Crippen LogP contribution in [0.5, 0.6) is 0 Å². The number of aromatic amines is 1. The van der Waals surface area contributed by atoms with Crippen molar-refractivity contribution in [3.8, 4) is 0 Å². The van der Waals surface area contributed by atoms with Gasteiger partial charge in [-0.25, -0.2) is 9.19 Å². The average Bonchev–Trinajstić information content (AvgIpc) is 3.04. The average molecular weight is 305 g/mol. The zero-order valence-corrected chi connectivity index (χ0v) is 12.6. The van der Waals surface area contributed by atoms with Crippen LogP contribution < -0.4 is 5.32 Å². The van der Waals surface area contributed by atoms with E-state index >= 15 is 0 Å². The molecule has 3 unspecified atom stereocenters. The van der Waals surface area contributed by atoms with Gasteiger partial charge in [-0.15, -0.1) is 0 Å². The van der Waals surface area contributed by atoms with Crippen LogP contribution in [0.2, 0.25) is 0 Å². The first-order valence-electron chi connectivity index (χ1n) is 7.35. The lowest BCUT2D eigenvalue weighted by Gasteiger charge is -2.29. The SMILES string of the molecule is C=S(=O)(OC1CC2CCC(C1)N2)c1ccc2[nH]cnc2c1. The maximum absolute atomic E-state index is 12.9. The first-order valence-corrected chi connectivity index (χ1v) is 9.00. The summed E-state index contributed by atoms with van der Waals surface area (Å²) in [4.78, 5) is 7.84. The molecule has 5 nitrogen and oxygen atoms in total. The number of nitrogens with one attached hydrogen (secondary N) is 2. The smallest absolute Gasteiger partial charge is 0.106 e. The molecule has 3 atom stereocenters. The first kappa shape index (κ1) is 13.3. The maximum Gasteiger partial charge on any atom is 0.106 e. The number of hydrogen-bond acceptors (Lipinski definition) is 4. The highest BCUT2D eigenvalue weighted by Gasteiger charge is 2.35. The lowest BCUT2D eigenvalue weighted by atomic mass is 10.0. The van der Waals surface area contributed by atoms with Crippen LogP contribution in [-0.4, -0.2) is 38.2 Å². The molecule has 2 bridgehead atoms. The lowest BCUT2D eigenvalue weighted by molar-refractivity contribution is 0.153. The summed E-state index contributed by atoms with van der Waals surface area (Å²) in [5.74, 6) is 3.84. The normalized spacial score (nSPS) is 31.3. The van der Waals surface area contributed by atoms with Gasteiger partial charge < -0.3 is 10.3 Å². The second kappa shape index (κ2) is 4.83. The van der Waals surface area contributed by atoms with Crippen molar-refractivity contribution in [3.05, 3.63) is 24.5 Å². The van der Waals surface area contributed by atoms with Crippen LogP contribution >= 0.6 is 0 Å². The number of piperidine rings is 1. The molecule has 1 aromatic heterocycles. The lowest BCUT2D eigenvalue weighted by Crippen LogP contribution is -2.42. The van der Waals surface area contributed by atoms with E-state index in [4.69, 9.17) is 4.18 Å². The van der Waals surface area contributed by atoms with Gasteiger partial charge in [0.15, 0.2) is 0 Å². The Balaban J connectivity index is 1.57. The summed E-state index contributed by atoms with van der Waals surface area (Å²) in [6.45, 7) is 0. The Morgan fingerprint density at radius 2 is 2.05 bits per heavy atom. The molecule has 6 heteroatoms. The molecule has 2 aliphatic rings. The van der Waals surface area contributed by atoms with Crippen molar-refractivity contribution in [1.82, 2.24) is 15.3 Å². The highest BCUT2D eigenvalue weighted by Crippen LogP contribution is 2.30. The third-order valence-corrected chi connectivity index (χ3v) is 6.03. The second-order valence-electron chi connectivity index (χ2n) is 6.02. The van der Waals surface area contributed by atoms with Crippen LogP contribution in [0, 0.1) is 0 Å². The van der Waals surface area contributed by atoms with Gasteiger partial charge in [0.05, 0.1) is 28.4 Å². The van der Waals surface area contributed by atoms with E-state index < -0.39 is 9.80 Å². The van der Waals surface area contributed by atoms with Crippen molar-refractivity contribution in [2.45, 2.75) is 48.8 Å². The number of nitrogens with zero attached hydrogens (tertiary/aromatic N) is 1. The van der Waals surface area contributed by atoms with E-state index in [9.17, 15) is 4.21 Å². The Labute approximate surface area is 124 Å². The van der Waals surface area contributed by atoms with Crippen molar-refractivity contribution in [3.63, 3.8) is 0 Å². The molecule has 112 valence electrons. The molecule has 21 heavy (non-hydrogen) atoms. The number of hydrogen-bond donors (Lipinski definition) is 2. The summed E-state index contributed by atoms with van der Waals surface area (Å²) in [6, 6.07) is 6.51. The van der Waals surface area contributed by atoms with Gasteiger partial charge in [-0.2, -0.15) is 0 Å². The molecule has 2 saturated heterocycles. The summed E-state index contributed by atoms with van der Waals surface area (Å²) in [5.41, 5.74) is 1.71. The van der Waals surface area contributed by atoms with Crippen LogP contribution in [0.25, 0.3) is 11.0 Å². The number of H-pyrrole nitrogens is 1. The molecular formula is C15H19N3O2S. The van der Waals surface area contributed by atoms with Gasteiger partial charge in [0.2, 0.25) is 0 Å². The van der Waals surface area contributed by atoms with Gasteiger partial charge in [0.1, 0.15) is 9.80 Å². The van der Waals surface area contributed by atoms with E-state index in [1.165, 1.54) is 12.8 Å². The van der Waals surface area contributed by atoms with E-state index in [-0.39, 0.29) is 6.10 Å². The first-order chi connectivity index (χ1) is 10.1. The molecule has 0 aliphatic carbocycles. The predicted molar refractivity (Wildman–Crippen MR) is 83.7 cm³/mol. The Morgan fingerprint density at radius 3 is 2.81 bits per heavy atom. The number of imidazole rings is 1. The molecule has 2 aromatic rings. The van der Waals surface area contributed by atoms with E-state index in [1.54, 1.807) is 12.4 Å². The minimum atomic E-state index is -2.73. The predicted octanol–water partition coefficient (Wildman–Crippen LogP) is 1.85. The zero-order valence-electron chi connectivity index (χ0n) is 11.7. The highest BCUT2D eigenvalue weighted by molar-refractivity contribution is 7.96. The van der Waals surface area contributed by atoms with Gasteiger partial charge in [0.25, 0.3) is 0 Å². The third kappa shape index (κ3) is 2.47. The largest absolute Gasteiger partial charge is 0.345 e. The molecule has 0 spiro atoms. The van der Waals surface area contributed by atoms with Crippen molar-refractivity contribution >= 4 is 26.7 Å². The summed E-state index contributed by atoms with van der Waals surface area (Å²) < 4.78 is 18.8. The fourth-order valence-corrected chi connectivity index (χ4v) is 4.74. The summed E-state index contributed by atoms with van der Waals surface area (Å²) in [5, 5.41) is 3.56. The molecule has 3 heterocycles. The van der Waals surface area contributed by atoms with Crippen LogP contribution in [0.1, 0.15) is 25.7 Å². The molecule has 2 fully saturated rings. The van der Waals surface area contributed by atoms with E-state index in [1.807, 2.05) is 12.1 Å². The van der Waals surface area contributed by atoms with Crippen molar-refractivity contribution in [2.75, 3.05) is 0 Å². The van der Waals surface area contributed by atoms with Crippen LogP contribution in [0.15, 0.2) is 29.4 Å². The van der Waals surface area contributed by atoms with Gasteiger partial charge in [0, 0.05) is 12.1 Å². The standard InChI is InChI=1S/C15H19N3O2S/c1-21(19,13-4-5-14-15(8-13)17-9-16-14)20-12-6-10-2-3-11(7-12)18-10/h4-5,8-12,18H,1-3,6-7H2,(H,16,17). The van der Waals surface area contributed by atoms with Gasteiger partial charge >= 0.3 is 0 Å². The van der Waals surface area contributed by atoms with Crippen LogP contribution in [-0.2, 0) is 14.0 Å². The minimum absolute atomic E-state index is 0.0311. The van der Waals surface area contributed by atoms with Crippen molar-refractivity contribution in [2.24, 2.45) is 0 Å². The maximum atomic E-state index is 12.9. The van der Waals surface area contributed by atoms with Gasteiger partial charge in [-0.05, 0) is 49.8 Å². The summed E-state index contributed by atoms with van der Waals surface area (Å²) in [6.07, 6.45) is 5.90. The fraction of sp³-hybridized carbons (Fsp3) is 0.467. The minimum Gasteiger partial charge on any atom is -0.345 e. The van der Waals surface area contributed by atoms with Gasteiger partial charge in [-0.1, -0.05) is 0 Å². The summed E-state index contributed by atoms with van der Waals surface area (Å²) >= 11 is 0. The highest BCUT2D eigenvalue weighted by atomic mass is 32.2. The van der Waals surface area contributed by atoms with Crippen LogP contribution in [0.4, 0.5) is 0 Å². The van der Waals surface area contributed by atoms with Gasteiger partial charge in [-0.3, -0.25) is 4.18 Å². The number of fused-ring (bicyclic) bond motifs is 3. The molecular weight excluding hydrogens is 286 g/mol. The third-order valence-electron chi connectivity index (χ3n) is 4.47. The molecule has 2 aliphatic heterocycles. The Bertz CT molecular complexity index is 756. The van der Waals surface area contributed by atoms with Crippen molar-refractivity contribution in [1.29, 1.82) is 0 Å². The van der Waals surface area contributed by atoms with E-state index in [2.05, 4.69) is 21.2 Å². The summed E-state index contributed by atoms with van der Waals surface area (Å²) in [7, 11) is -2.73. The quantitative estimate of drug-likeness (QED) is 0.849. The molecule has 1 aromatic carbocycles. The Morgan fingerprint density at radius 1 is 1.29 bits per heavy atom. The molecule has 0 saturated carbocycles. The molecule has 0 radical (unpaired) electrons. The van der Waals surface area contributed by atoms with Crippen molar-refractivity contribution < 1.29 is 8.39 Å². The Hall–Kier alpha value is -1.37. The number of aromatic nitrogens is 2. The zero-order chi connectivity index (χ0) is 14.4. The monoisotopic (exact) mass is 305 g/mol. The fourth-order valence-electron chi connectivity index (χ4n) is 3.46. The molecule has 0 amide bonds. The second-order valence-corrected chi connectivity index (χ2v) is 7.92. The van der Waals surface area contributed by atoms with E-state index in [0.29, 0.717) is 17.0 Å². The molecule has 2 N–H and O–H groups in total. The van der Waals surface area contributed by atoms with E-state index in [0.717, 1.165) is 23.9 Å². The number of rotatable bonds is 3.